The Kier molecular flexibility index (Phi) is 5.30. The van der Waals surface area contributed by atoms with Gasteiger partial charge >= 0.3 is 0 Å². The lowest BCUT2D eigenvalue weighted by Gasteiger charge is -2.31. The van der Waals surface area contributed by atoms with Gasteiger partial charge in [-0.25, -0.2) is 0 Å². The van der Waals surface area contributed by atoms with Gasteiger partial charge in [-0.05, 0) is 12.1 Å². The first kappa shape index (κ1) is 18.8. The van der Waals surface area contributed by atoms with Gasteiger partial charge < -0.3 is 9.47 Å². The van der Waals surface area contributed by atoms with E-state index in [2.05, 4.69) is 71.6 Å². The van der Waals surface area contributed by atoms with Crippen LogP contribution in [0.1, 0.15) is 16.7 Å². The molecule has 0 saturated carbocycles. The molecule has 1 aromatic heterocycles. The fraction of sp³-hybridized carbons (Fsp3) is 0.115. The number of ether oxygens (including phenoxy) is 2. The highest BCUT2D eigenvalue weighted by molar-refractivity contribution is 5.57. The standard InChI is InChI=1S/C26H24NO2/c1-28-24-18-12-17-23(25(24)29-2)26(21-13-6-3-7-14-21,22-15-8-4-9-16-22)27-19-10-5-11-20-27/h3-20H,1-2H3/q+1. The Morgan fingerprint density at radius 1 is 0.586 bits per heavy atom. The molecule has 0 unspecified atom stereocenters. The second-order valence-corrected chi connectivity index (χ2v) is 6.77. The molecule has 3 nitrogen and oxygen atoms in total. The fourth-order valence-corrected chi connectivity index (χ4v) is 4.07. The number of rotatable bonds is 6. The van der Waals surface area contributed by atoms with Gasteiger partial charge in [0.25, 0.3) is 0 Å². The summed E-state index contributed by atoms with van der Waals surface area (Å²) in [6.45, 7) is 0. The average Bonchev–Trinajstić information content (AvgIpc) is 2.81. The molecule has 29 heavy (non-hydrogen) atoms. The number of benzene rings is 3. The highest BCUT2D eigenvalue weighted by Gasteiger charge is 2.48. The first-order valence-corrected chi connectivity index (χ1v) is 9.61. The molecule has 3 aromatic carbocycles. The van der Waals surface area contributed by atoms with Crippen LogP contribution in [0.3, 0.4) is 0 Å². The molecule has 0 aliphatic carbocycles. The monoisotopic (exact) mass is 382 g/mol. The summed E-state index contributed by atoms with van der Waals surface area (Å²) in [5, 5.41) is 0. The Labute approximate surface area is 171 Å². The van der Waals surface area contributed by atoms with Gasteiger partial charge in [-0.1, -0.05) is 72.8 Å². The van der Waals surface area contributed by atoms with Gasteiger partial charge in [-0.15, -0.1) is 0 Å². The van der Waals surface area contributed by atoms with Crippen LogP contribution in [0, 0.1) is 0 Å². The SMILES string of the molecule is COc1cccc(C(c2ccccc2)(c2ccccc2)[n+]2ccccc2)c1OC. The van der Waals surface area contributed by atoms with Crippen molar-refractivity contribution in [1.82, 2.24) is 0 Å². The second-order valence-electron chi connectivity index (χ2n) is 6.77. The molecule has 144 valence electrons. The van der Waals surface area contributed by atoms with E-state index < -0.39 is 5.54 Å². The molecule has 3 heteroatoms. The summed E-state index contributed by atoms with van der Waals surface area (Å²) < 4.78 is 13.8. The topological polar surface area (TPSA) is 22.3 Å². The van der Waals surface area contributed by atoms with E-state index in [-0.39, 0.29) is 0 Å². The van der Waals surface area contributed by atoms with E-state index in [0.29, 0.717) is 5.75 Å². The van der Waals surface area contributed by atoms with Gasteiger partial charge in [0.2, 0.25) is 5.54 Å². The van der Waals surface area contributed by atoms with Crippen molar-refractivity contribution in [2.24, 2.45) is 0 Å². The molecule has 0 aliphatic heterocycles. The van der Waals surface area contributed by atoms with Gasteiger partial charge in [0.1, 0.15) is 0 Å². The lowest BCUT2D eigenvalue weighted by Crippen LogP contribution is -2.58. The summed E-state index contributed by atoms with van der Waals surface area (Å²) in [5.41, 5.74) is 2.64. The van der Waals surface area contributed by atoms with E-state index in [1.165, 1.54) is 0 Å². The number of hydrogen-bond acceptors (Lipinski definition) is 2. The summed E-state index contributed by atoms with van der Waals surface area (Å²) in [6.07, 6.45) is 4.19. The molecule has 0 bridgehead atoms. The van der Waals surface area contributed by atoms with Crippen molar-refractivity contribution in [1.29, 1.82) is 0 Å². The molecule has 0 N–H and O–H groups in total. The summed E-state index contributed by atoms with van der Waals surface area (Å²) >= 11 is 0. The third-order valence-electron chi connectivity index (χ3n) is 5.28. The summed E-state index contributed by atoms with van der Waals surface area (Å²) in [7, 11) is 3.36. The lowest BCUT2D eigenvalue weighted by atomic mass is 9.76. The van der Waals surface area contributed by atoms with Crippen LogP contribution in [0.5, 0.6) is 11.5 Å². The molecule has 4 aromatic rings. The Balaban J connectivity index is 2.19. The van der Waals surface area contributed by atoms with Crippen LogP contribution >= 0.6 is 0 Å². The second kappa shape index (κ2) is 8.19. The Morgan fingerprint density at radius 3 is 1.66 bits per heavy atom. The van der Waals surface area contributed by atoms with E-state index >= 15 is 0 Å². The number of pyridine rings is 1. The molecular formula is C26H24NO2+. The minimum atomic E-state index is -0.635. The zero-order valence-corrected chi connectivity index (χ0v) is 16.7. The highest BCUT2D eigenvalue weighted by Crippen LogP contribution is 2.44. The number of nitrogens with zero attached hydrogens (tertiary/aromatic N) is 1. The maximum atomic E-state index is 5.90. The predicted octanol–water partition coefficient (Wildman–Crippen LogP) is 4.83. The van der Waals surface area contributed by atoms with Crippen molar-refractivity contribution < 1.29 is 14.0 Å². The lowest BCUT2D eigenvalue weighted by molar-refractivity contribution is -0.734. The van der Waals surface area contributed by atoms with Crippen LogP contribution in [0.25, 0.3) is 0 Å². The predicted molar refractivity (Wildman–Crippen MR) is 114 cm³/mol. The molecule has 0 saturated heterocycles. The quantitative estimate of drug-likeness (QED) is 0.352. The van der Waals surface area contributed by atoms with E-state index in [0.717, 1.165) is 22.4 Å². The van der Waals surface area contributed by atoms with Gasteiger partial charge in [-0.2, -0.15) is 4.57 Å². The molecule has 0 amide bonds. The van der Waals surface area contributed by atoms with Crippen molar-refractivity contribution >= 4 is 0 Å². The van der Waals surface area contributed by atoms with Crippen LogP contribution in [-0.4, -0.2) is 14.2 Å². The maximum absolute atomic E-state index is 5.90. The van der Waals surface area contributed by atoms with Crippen molar-refractivity contribution in [2.45, 2.75) is 5.54 Å². The van der Waals surface area contributed by atoms with Crippen LogP contribution in [0.15, 0.2) is 109 Å². The molecule has 4 rings (SSSR count). The summed E-state index contributed by atoms with van der Waals surface area (Å²) in [4.78, 5) is 0. The van der Waals surface area contributed by atoms with Crippen molar-refractivity contribution in [3.05, 3.63) is 126 Å². The average molecular weight is 382 g/mol. The molecule has 0 fully saturated rings. The minimum absolute atomic E-state index is 0.635. The van der Waals surface area contributed by atoms with E-state index in [1.54, 1.807) is 14.2 Å². The fourth-order valence-electron chi connectivity index (χ4n) is 4.07. The summed E-state index contributed by atoms with van der Waals surface area (Å²) in [5.74, 6) is 1.43. The van der Waals surface area contributed by atoms with Crippen molar-refractivity contribution in [3.8, 4) is 11.5 Å². The van der Waals surface area contributed by atoms with Crippen LogP contribution in [0.4, 0.5) is 0 Å². The molecule has 0 atom stereocenters. The van der Waals surface area contributed by atoms with Gasteiger partial charge in [0.15, 0.2) is 23.9 Å². The Hall–Kier alpha value is -3.59. The first-order chi connectivity index (χ1) is 14.3. The molecule has 0 spiro atoms. The maximum Gasteiger partial charge on any atom is 0.247 e. The van der Waals surface area contributed by atoms with Crippen LogP contribution in [-0.2, 0) is 5.54 Å². The number of aromatic nitrogens is 1. The number of hydrogen-bond donors (Lipinski definition) is 0. The zero-order valence-electron chi connectivity index (χ0n) is 16.7. The third-order valence-corrected chi connectivity index (χ3v) is 5.28. The van der Waals surface area contributed by atoms with Gasteiger partial charge in [-0.3, -0.25) is 0 Å². The Morgan fingerprint density at radius 2 is 1.14 bits per heavy atom. The minimum Gasteiger partial charge on any atom is -0.493 e. The van der Waals surface area contributed by atoms with E-state index in [1.807, 2.05) is 42.5 Å². The van der Waals surface area contributed by atoms with Crippen LogP contribution < -0.4 is 14.0 Å². The third kappa shape index (κ3) is 3.15. The highest BCUT2D eigenvalue weighted by atomic mass is 16.5. The van der Waals surface area contributed by atoms with Crippen molar-refractivity contribution in [2.75, 3.05) is 14.2 Å². The molecular weight excluding hydrogens is 358 g/mol. The molecule has 1 heterocycles. The number of para-hydroxylation sites is 1. The zero-order chi connectivity index (χ0) is 20.1. The Bertz CT molecular complexity index is 967. The molecule has 0 radical (unpaired) electrons. The number of methoxy groups -OCH3 is 2. The molecule has 0 aliphatic rings. The normalized spacial score (nSPS) is 11.1. The van der Waals surface area contributed by atoms with Gasteiger partial charge in [0, 0.05) is 23.3 Å². The van der Waals surface area contributed by atoms with Gasteiger partial charge in [0.05, 0.1) is 19.8 Å². The first-order valence-electron chi connectivity index (χ1n) is 9.61. The summed E-state index contributed by atoms with van der Waals surface area (Å²) in [6, 6.07) is 33.2. The van der Waals surface area contributed by atoms with Crippen LogP contribution in [0.2, 0.25) is 0 Å². The smallest absolute Gasteiger partial charge is 0.247 e. The largest absolute Gasteiger partial charge is 0.493 e. The van der Waals surface area contributed by atoms with E-state index in [9.17, 15) is 0 Å². The van der Waals surface area contributed by atoms with E-state index in [4.69, 9.17) is 9.47 Å². The van der Waals surface area contributed by atoms with Crippen molar-refractivity contribution in [3.63, 3.8) is 0 Å².